The molecule has 5 heteroatoms. The minimum Gasteiger partial charge on any atom is -0.394 e. The fraction of sp³-hybridized carbons (Fsp3) is 0.333. The van der Waals surface area contributed by atoms with E-state index in [2.05, 4.69) is 10.2 Å². The van der Waals surface area contributed by atoms with Crippen LogP contribution in [0.3, 0.4) is 0 Å². The molecule has 2 heterocycles. The quantitative estimate of drug-likeness (QED) is 0.892. The third-order valence-electron chi connectivity index (χ3n) is 3.78. The normalized spacial score (nSPS) is 18.4. The number of benzene rings is 1. The predicted octanol–water partition coefficient (Wildman–Crippen LogP) is 1.67. The number of carbonyl (C=O) groups is 1. The summed E-state index contributed by atoms with van der Waals surface area (Å²) in [5, 5.41) is 16.3. The van der Waals surface area contributed by atoms with Crippen LogP contribution in [0.15, 0.2) is 36.5 Å². The van der Waals surface area contributed by atoms with Crippen LogP contribution in [0.25, 0.3) is 11.3 Å². The van der Waals surface area contributed by atoms with Crippen LogP contribution < -0.4 is 0 Å². The fourth-order valence-electron chi connectivity index (χ4n) is 2.72. The number of aromatic nitrogens is 2. The van der Waals surface area contributed by atoms with E-state index in [1.807, 2.05) is 30.3 Å². The van der Waals surface area contributed by atoms with Crippen LogP contribution in [0.2, 0.25) is 0 Å². The molecule has 1 amide bonds. The molecule has 0 bridgehead atoms. The van der Waals surface area contributed by atoms with Gasteiger partial charge in [0.25, 0.3) is 5.91 Å². The molecule has 1 aromatic carbocycles. The Morgan fingerprint density at radius 1 is 1.40 bits per heavy atom. The van der Waals surface area contributed by atoms with E-state index in [-0.39, 0.29) is 18.6 Å². The topological polar surface area (TPSA) is 69.2 Å². The monoisotopic (exact) mass is 271 g/mol. The van der Waals surface area contributed by atoms with Gasteiger partial charge < -0.3 is 10.0 Å². The SMILES string of the molecule is O=C(c1cn[nH]c1-c1ccccc1)N1CCCC1CO. The first kappa shape index (κ1) is 12.9. The Hall–Kier alpha value is -2.14. The molecule has 0 radical (unpaired) electrons. The average Bonchev–Trinajstić information content (AvgIpc) is 3.16. The molecule has 0 aliphatic carbocycles. The largest absolute Gasteiger partial charge is 0.394 e. The highest BCUT2D eigenvalue weighted by atomic mass is 16.3. The van der Waals surface area contributed by atoms with Crippen molar-refractivity contribution in [3.8, 4) is 11.3 Å². The lowest BCUT2D eigenvalue weighted by atomic mass is 10.1. The standard InChI is InChI=1S/C15H17N3O2/c19-10-12-7-4-8-18(12)15(20)13-9-16-17-14(13)11-5-2-1-3-6-11/h1-3,5-6,9,12,19H,4,7-8,10H2,(H,16,17). The van der Waals surface area contributed by atoms with Crippen LogP contribution in [-0.4, -0.2) is 45.3 Å². The number of aliphatic hydroxyl groups is 1. The van der Waals surface area contributed by atoms with Gasteiger partial charge in [-0.25, -0.2) is 0 Å². The summed E-state index contributed by atoms with van der Waals surface area (Å²) in [7, 11) is 0. The van der Waals surface area contributed by atoms with Crippen molar-refractivity contribution >= 4 is 5.91 Å². The highest BCUT2D eigenvalue weighted by Crippen LogP contribution is 2.25. The van der Waals surface area contributed by atoms with E-state index in [0.29, 0.717) is 12.1 Å². The molecule has 1 saturated heterocycles. The van der Waals surface area contributed by atoms with Crippen molar-refractivity contribution in [2.45, 2.75) is 18.9 Å². The maximum absolute atomic E-state index is 12.6. The number of hydrogen-bond donors (Lipinski definition) is 2. The van der Waals surface area contributed by atoms with E-state index in [0.717, 1.165) is 24.1 Å². The molecule has 1 aliphatic rings. The minimum absolute atomic E-state index is 0.0181. The van der Waals surface area contributed by atoms with E-state index in [1.54, 1.807) is 11.1 Å². The number of hydrogen-bond acceptors (Lipinski definition) is 3. The molecule has 5 nitrogen and oxygen atoms in total. The first-order chi connectivity index (χ1) is 9.81. The lowest BCUT2D eigenvalue weighted by molar-refractivity contribution is 0.0678. The molecular formula is C15H17N3O2. The molecular weight excluding hydrogens is 254 g/mol. The Kier molecular flexibility index (Phi) is 3.52. The molecule has 1 aliphatic heterocycles. The van der Waals surface area contributed by atoms with E-state index in [9.17, 15) is 9.90 Å². The van der Waals surface area contributed by atoms with Gasteiger partial charge in [0.15, 0.2) is 0 Å². The second kappa shape index (κ2) is 5.46. The van der Waals surface area contributed by atoms with Crippen molar-refractivity contribution in [1.29, 1.82) is 0 Å². The molecule has 104 valence electrons. The summed E-state index contributed by atoms with van der Waals surface area (Å²) in [5.74, 6) is -0.0610. The zero-order valence-electron chi connectivity index (χ0n) is 11.1. The summed E-state index contributed by atoms with van der Waals surface area (Å²) in [6.45, 7) is 0.716. The lowest BCUT2D eigenvalue weighted by Crippen LogP contribution is -2.37. The first-order valence-electron chi connectivity index (χ1n) is 6.82. The predicted molar refractivity (Wildman–Crippen MR) is 75.2 cm³/mol. The number of carbonyl (C=O) groups excluding carboxylic acids is 1. The van der Waals surface area contributed by atoms with Crippen molar-refractivity contribution in [2.75, 3.05) is 13.2 Å². The van der Waals surface area contributed by atoms with Crippen LogP contribution in [0.1, 0.15) is 23.2 Å². The van der Waals surface area contributed by atoms with Crippen LogP contribution >= 0.6 is 0 Å². The molecule has 0 spiro atoms. The van der Waals surface area contributed by atoms with Crippen molar-refractivity contribution in [2.24, 2.45) is 0 Å². The smallest absolute Gasteiger partial charge is 0.258 e. The molecule has 3 rings (SSSR count). The molecule has 0 saturated carbocycles. The van der Waals surface area contributed by atoms with Gasteiger partial charge in [-0.05, 0) is 12.8 Å². The van der Waals surface area contributed by atoms with Crippen LogP contribution in [0.4, 0.5) is 0 Å². The van der Waals surface area contributed by atoms with Crippen LogP contribution in [-0.2, 0) is 0 Å². The number of amides is 1. The number of aromatic amines is 1. The van der Waals surface area contributed by atoms with Crippen molar-refractivity contribution in [3.63, 3.8) is 0 Å². The number of likely N-dealkylation sites (tertiary alicyclic amines) is 1. The second-order valence-corrected chi connectivity index (χ2v) is 5.00. The van der Waals surface area contributed by atoms with Crippen molar-refractivity contribution < 1.29 is 9.90 Å². The number of nitrogens with one attached hydrogen (secondary N) is 1. The maximum atomic E-state index is 12.6. The van der Waals surface area contributed by atoms with E-state index < -0.39 is 0 Å². The molecule has 1 unspecified atom stereocenters. The third-order valence-corrected chi connectivity index (χ3v) is 3.78. The van der Waals surface area contributed by atoms with E-state index >= 15 is 0 Å². The van der Waals surface area contributed by atoms with Gasteiger partial charge in [0.2, 0.25) is 0 Å². The van der Waals surface area contributed by atoms with Gasteiger partial charge in [-0.3, -0.25) is 9.89 Å². The number of aliphatic hydroxyl groups excluding tert-OH is 1. The molecule has 2 aromatic rings. The summed E-state index contributed by atoms with van der Waals surface area (Å²) in [4.78, 5) is 14.4. The second-order valence-electron chi connectivity index (χ2n) is 5.00. The van der Waals surface area contributed by atoms with E-state index in [1.165, 1.54) is 0 Å². The highest BCUT2D eigenvalue weighted by molar-refractivity contribution is 6.00. The Labute approximate surface area is 117 Å². The Balaban J connectivity index is 1.92. The van der Waals surface area contributed by atoms with Gasteiger partial charge in [-0.15, -0.1) is 0 Å². The van der Waals surface area contributed by atoms with Gasteiger partial charge in [0.1, 0.15) is 0 Å². The van der Waals surface area contributed by atoms with Crippen molar-refractivity contribution in [3.05, 3.63) is 42.1 Å². The summed E-state index contributed by atoms with van der Waals surface area (Å²) < 4.78 is 0. The summed E-state index contributed by atoms with van der Waals surface area (Å²) in [6, 6.07) is 9.60. The van der Waals surface area contributed by atoms with Gasteiger partial charge in [0, 0.05) is 12.1 Å². The zero-order chi connectivity index (χ0) is 13.9. The molecule has 1 fully saturated rings. The van der Waals surface area contributed by atoms with E-state index in [4.69, 9.17) is 0 Å². The summed E-state index contributed by atoms with van der Waals surface area (Å²) >= 11 is 0. The van der Waals surface area contributed by atoms with Gasteiger partial charge in [0.05, 0.1) is 30.1 Å². The molecule has 2 N–H and O–H groups in total. The molecule has 1 atom stereocenters. The Morgan fingerprint density at radius 2 is 2.20 bits per heavy atom. The number of nitrogens with zero attached hydrogens (tertiary/aromatic N) is 2. The Bertz CT molecular complexity index is 594. The lowest BCUT2D eigenvalue weighted by Gasteiger charge is -2.22. The fourth-order valence-corrected chi connectivity index (χ4v) is 2.72. The zero-order valence-corrected chi connectivity index (χ0v) is 11.1. The third kappa shape index (κ3) is 2.20. The van der Waals surface area contributed by atoms with Crippen LogP contribution in [0.5, 0.6) is 0 Å². The first-order valence-corrected chi connectivity index (χ1v) is 6.82. The summed E-state index contributed by atoms with van der Waals surface area (Å²) in [5.41, 5.74) is 2.24. The number of rotatable bonds is 3. The average molecular weight is 271 g/mol. The van der Waals surface area contributed by atoms with Gasteiger partial charge >= 0.3 is 0 Å². The summed E-state index contributed by atoms with van der Waals surface area (Å²) in [6.07, 6.45) is 3.37. The molecule has 1 aromatic heterocycles. The van der Waals surface area contributed by atoms with Gasteiger partial charge in [-0.1, -0.05) is 30.3 Å². The Morgan fingerprint density at radius 3 is 2.95 bits per heavy atom. The van der Waals surface area contributed by atoms with Crippen LogP contribution in [0, 0.1) is 0 Å². The molecule has 20 heavy (non-hydrogen) atoms. The minimum atomic E-state index is -0.0685. The van der Waals surface area contributed by atoms with Gasteiger partial charge in [-0.2, -0.15) is 5.10 Å². The highest BCUT2D eigenvalue weighted by Gasteiger charge is 2.30. The maximum Gasteiger partial charge on any atom is 0.258 e. The number of H-pyrrole nitrogens is 1. The van der Waals surface area contributed by atoms with Crippen molar-refractivity contribution in [1.82, 2.24) is 15.1 Å².